The quantitative estimate of drug-likeness (QED) is 0.143. The normalized spacial score (nSPS) is 13.9. The number of nitrogens with one attached hydrogen (secondary N) is 1. The molecule has 0 amide bonds. The van der Waals surface area contributed by atoms with E-state index in [1.54, 1.807) is 0 Å². The van der Waals surface area contributed by atoms with Gasteiger partial charge >= 0.3 is 5.97 Å². The molecule has 132 valence electrons. The minimum atomic E-state index is -1.13. The van der Waals surface area contributed by atoms with Crippen molar-refractivity contribution in [2.45, 2.75) is 25.8 Å². The summed E-state index contributed by atoms with van der Waals surface area (Å²) in [4.78, 5) is 45.3. The second-order valence-corrected chi connectivity index (χ2v) is 5.23. The molecule has 0 aromatic heterocycles. The second-order valence-electron chi connectivity index (χ2n) is 5.23. The van der Waals surface area contributed by atoms with Gasteiger partial charge in [0, 0.05) is 24.4 Å². The Morgan fingerprint density at radius 2 is 1.80 bits per heavy atom. The molecule has 0 unspecified atom stereocenters. The molecule has 1 aliphatic rings. The Labute approximate surface area is 141 Å². The summed E-state index contributed by atoms with van der Waals surface area (Å²) in [6, 6.07) is 3.13. The van der Waals surface area contributed by atoms with Crippen LogP contribution in [0.4, 0.5) is 11.4 Å². The Morgan fingerprint density at radius 1 is 1.24 bits per heavy atom. The molecule has 1 aromatic rings. The second kappa shape index (κ2) is 7.51. The standard InChI is InChI=1S/C15H15N3O7/c1-2-25-15(20)10(8-16-9-6-7-9)14(19)13-11(17(21)22)4-3-5-12(13)18(23)24/h3-5,8-9,16H,2,6-7H2,1H3. The van der Waals surface area contributed by atoms with Gasteiger partial charge in [0.05, 0.1) is 16.5 Å². The van der Waals surface area contributed by atoms with Crippen LogP contribution in [-0.4, -0.2) is 34.2 Å². The fourth-order valence-corrected chi connectivity index (χ4v) is 2.08. The molecule has 0 heterocycles. The van der Waals surface area contributed by atoms with Gasteiger partial charge in [0.2, 0.25) is 5.78 Å². The summed E-state index contributed by atoms with van der Waals surface area (Å²) in [6.07, 6.45) is 2.82. The van der Waals surface area contributed by atoms with E-state index in [0.29, 0.717) is 0 Å². The Bertz CT molecular complexity index is 736. The summed E-state index contributed by atoms with van der Waals surface area (Å²) in [5.74, 6) is -2.14. The molecule has 1 fully saturated rings. The number of Topliss-reactive ketones (excluding diaryl/α,β-unsaturated/α-hetero) is 1. The first kappa shape index (κ1) is 18.0. The lowest BCUT2D eigenvalue weighted by molar-refractivity contribution is -0.394. The Hall–Kier alpha value is -3.30. The lowest BCUT2D eigenvalue weighted by Gasteiger charge is -2.08. The molecule has 1 aliphatic carbocycles. The van der Waals surface area contributed by atoms with Gasteiger partial charge in [-0.1, -0.05) is 0 Å². The molecule has 1 aromatic carbocycles. The summed E-state index contributed by atoms with van der Waals surface area (Å²) in [5.41, 5.74) is -2.78. The average Bonchev–Trinajstić information content (AvgIpc) is 3.38. The molecule has 1 N–H and O–H groups in total. The number of carbonyl (C=O) groups is 2. The third kappa shape index (κ3) is 4.16. The van der Waals surface area contributed by atoms with E-state index in [1.165, 1.54) is 6.92 Å². The van der Waals surface area contributed by atoms with Gasteiger partial charge in [0.1, 0.15) is 5.57 Å². The number of nitro groups is 2. The van der Waals surface area contributed by atoms with Crippen molar-refractivity contribution in [3.05, 3.63) is 55.8 Å². The van der Waals surface area contributed by atoms with Gasteiger partial charge in [0.15, 0.2) is 5.56 Å². The first-order valence-electron chi connectivity index (χ1n) is 7.46. The average molecular weight is 349 g/mol. The summed E-state index contributed by atoms with van der Waals surface area (Å²) in [6.45, 7) is 1.51. The van der Waals surface area contributed by atoms with Crippen molar-refractivity contribution in [2.75, 3.05) is 6.61 Å². The lowest BCUT2D eigenvalue weighted by atomic mass is 10.0. The molecule has 1 saturated carbocycles. The maximum absolute atomic E-state index is 12.7. The fourth-order valence-electron chi connectivity index (χ4n) is 2.08. The van der Waals surface area contributed by atoms with Crippen LogP contribution < -0.4 is 5.32 Å². The summed E-state index contributed by atoms with van der Waals surface area (Å²) < 4.78 is 4.79. The van der Waals surface area contributed by atoms with E-state index in [0.717, 1.165) is 37.2 Å². The van der Waals surface area contributed by atoms with E-state index in [-0.39, 0.29) is 12.6 Å². The van der Waals surface area contributed by atoms with E-state index in [9.17, 15) is 29.8 Å². The van der Waals surface area contributed by atoms with Crippen molar-refractivity contribution in [3.63, 3.8) is 0 Å². The SMILES string of the molecule is CCOC(=O)C(=CNC1CC1)C(=O)c1c([N+](=O)[O-])cccc1[N+](=O)[O-]. The molecule has 0 saturated heterocycles. The zero-order valence-electron chi connectivity index (χ0n) is 13.3. The minimum Gasteiger partial charge on any atom is -0.462 e. The van der Waals surface area contributed by atoms with E-state index < -0.39 is 44.1 Å². The van der Waals surface area contributed by atoms with Crippen molar-refractivity contribution in [2.24, 2.45) is 0 Å². The van der Waals surface area contributed by atoms with Gasteiger partial charge in [-0.15, -0.1) is 0 Å². The van der Waals surface area contributed by atoms with Crippen LogP contribution in [0.5, 0.6) is 0 Å². The van der Waals surface area contributed by atoms with Crippen molar-refractivity contribution in [3.8, 4) is 0 Å². The van der Waals surface area contributed by atoms with Gasteiger partial charge in [-0.2, -0.15) is 0 Å². The monoisotopic (exact) mass is 349 g/mol. The van der Waals surface area contributed by atoms with Crippen LogP contribution >= 0.6 is 0 Å². The number of benzene rings is 1. The first-order valence-corrected chi connectivity index (χ1v) is 7.46. The highest BCUT2D eigenvalue weighted by molar-refractivity contribution is 6.26. The molecule has 10 heteroatoms. The Morgan fingerprint density at radius 3 is 2.24 bits per heavy atom. The smallest absolute Gasteiger partial charge is 0.343 e. The van der Waals surface area contributed by atoms with Crippen LogP contribution in [0.3, 0.4) is 0 Å². The summed E-state index contributed by atoms with van der Waals surface area (Å²) in [5, 5.41) is 25.2. The number of rotatable bonds is 8. The predicted octanol–water partition coefficient (Wildman–Crippen LogP) is 1.88. The maximum Gasteiger partial charge on any atom is 0.343 e. The molecule has 0 radical (unpaired) electrons. The van der Waals surface area contributed by atoms with E-state index in [1.807, 2.05) is 0 Å². The van der Waals surface area contributed by atoms with Crippen LogP contribution in [0.15, 0.2) is 30.0 Å². The number of carbonyl (C=O) groups excluding carboxylic acids is 2. The molecular formula is C15H15N3O7. The highest BCUT2D eigenvalue weighted by atomic mass is 16.6. The molecule has 0 bridgehead atoms. The van der Waals surface area contributed by atoms with Gasteiger partial charge in [-0.05, 0) is 25.8 Å². The molecule has 0 atom stereocenters. The minimum absolute atomic E-state index is 0.0220. The summed E-state index contributed by atoms with van der Waals surface area (Å²) >= 11 is 0. The van der Waals surface area contributed by atoms with Crippen LogP contribution in [0, 0.1) is 20.2 Å². The van der Waals surface area contributed by atoms with Crippen LogP contribution in [-0.2, 0) is 9.53 Å². The van der Waals surface area contributed by atoms with Crippen molar-refractivity contribution >= 4 is 23.1 Å². The first-order chi connectivity index (χ1) is 11.9. The zero-order valence-corrected chi connectivity index (χ0v) is 13.3. The molecule has 10 nitrogen and oxygen atoms in total. The molecule has 0 spiro atoms. The molecule has 0 aliphatic heterocycles. The van der Waals surface area contributed by atoms with E-state index in [4.69, 9.17) is 4.74 Å². The van der Waals surface area contributed by atoms with Crippen molar-refractivity contribution in [1.82, 2.24) is 5.32 Å². The van der Waals surface area contributed by atoms with Crippen molar-refractivity contribution in [1.29, 1.82) is 0 Å². The largest absolute Gasteiger partial charge is 0.462 e. The van der Waals surface area contributed by atoms with Crippen LogP contribution in [0.25, 0.3) is 0 Å². The zero-order chi connectivity index (χ0) is 18.6. The lowest BCUT2D eigenvalue weighted by Crippen LogP contribution is -2.22. The third-order valence-corrected chi connectivity index (χ3v) is 3.42. The van der Waals surface area contributed by atoms with Crippen LogP contribution in [0.2, 0.25) is 0 Å². The molecular weight excluding hydrogens is 334 g/mol. The van der Waals surface area contributed by atoms with Crippen LogP contribution in [0.1, 0.15) is 30.1 Å². The van der Waals surface area contributed by atoms with Gasteiger partial charge < -0.3 is 10.1 Å². The highest BCUT2D eigenvalue weighted by Crippen LogP contribution is 2.31. The fraction of sp³-hybridized carbons (Fsp3) is 0.333. The van der Waals surface area contributed by atoms with Crippen molar-refractivity contribution < 1.29 is 24.2 Å². The molecule has 2 rings (SSSR count). The predicted molar refractivity (Wildman–Crippen MR) is 85.0 cm³/mol. The third-order valence-electron chi connectivity index (χ3n) is 3.42. The Kier molecular flexibility index (Phi) is 5.42. The summed E-state index contributed by atoms with van der Waals surface area (Å²) in [7, 11) is 0. The Balaban J connectivity index is 2.54. The highest BCUT2D eigenvalue weighted by Gasteiger charge is 2.35. The van der Waals surface area contributed by atoms with Gasteiger partial charge in [0.25, 0.3) is 11.4 Å². The van der Waals surface area contributed by atoms with E-state index >= 15 is 0 Å². The number of ether oxygens (including phenoxy) is 1. The van der Waals surface area contributed by atoms with Gasteiger partial charge in [-0.25, -0.2) is 4.79 Å². The van der Waals surface area contributed by atoms with E-state index in [2.05, 4.69) is 5.32 Å². The topological polar surface area (TPSA) is 142 Å². The number of ketones is 1. The number of esters is 1. The number of nitrogens with zero attached hydrogens (tertiary/aromatic N) is 2. The molecule has 25 heavy (non-hydrogen) atoms. The van der Waals surface area contributed by atoms with Gasteiger partial charge in [-0.3, -0.25) is 25.0 Å². The number of hydrogen-bond donors (Lipinski definition) is 1. The maximum atomic E-state index is 12.7. The number of nitro benzene ring substituents is 2. The number of hydrogen-bond acceptors (Lipinski definition) is 8.